The lowest BCUT2D eigenvalue weighted by Crippen LogP contribution is -2.40. The van der Waals surface area contributed by atoms with Crippen LogP contribution < -0.4 is 10.6 Å². The average molecular weight is 239 g/mol. The molecule has 1 heterocycles. The summed E-state index contributed by atoms with van der Waals surface area (Å²) in [5.74, 6) is 1.72. The van der Waals surface area contributed by atoms with Crippen LogP contribution in [0.5, 0.6) is 0 Å². The first kappa shape index (κ1) is 12.8. The van der Waals surface area contributed by atoms with E-state index in [1.807, 2.05) is 0 Å². The summed E-state index contributed by atoms with van der Waals surface area (Å²) in [6.45, 7) is 4.76. The van der Waals surface area contributed by atoms with E-state index in [1.165, 1.54) is 25.7 Å². The molecule has 1 aliphatic carbocycles. The highest BCUT2D eigenvalue weighted by Gasteiger charge is 2.22. The van der Waals surface area contributed by atoms with Crippen LogP contribution in [0.1, 0.15) is 25.7 Å². The second-order valence-corrected chi connectivity index (χ2v) is 5.64. The molecule has 1 saturated heterocycles. The molecule has 0 aromatic rings. The van der Waals surface area contributed by atoms with Crippen molar-refractivity contribution in [3.8, 4) is 0 Å². The third-order valence-electron chi connectivity index (χ3n) is 3.73. The third kappa shape index (κ3) is 5.04. The summed E-state index contributed by atoms with van der Waals surface area (Å²) in [7, 11) is 2.05. The quantitative estimate of drug-likeness (QED) is 0.707. The molecule has 2 rings (SSSR count). The molecule has 1 aliphatic heterocycles. The molecule has 0 radical (unpaired) electrons. The Labute approximate surface area is 104 Å². The van der Waals surface area contributed by atoms with Crippen LogP contribution in [-0.2, 0) is 4.79 Å². The monoisotopic (exact) mass is 239 g/mol. The van der Waals surface area contributed by atoms with Crippen molar-refractivity contribution in [2.24, 2.45) is 11.8 Å². The van der Waals surface area contributed by atoms with E-state index in [9.17, 15) is 4.79 Å². The van der Waals surface area contributed by atoms with E-state index in [2.05, 4.69) is 22.6 Å². The minimum atomic E-state index is 0.188. The molecule has 17 heavy (non-hydrogen) atoms. The van der Waals surface area contributed by atoms with Crippen molar-refractivity contribution in [1.82, 2.24) is 15.5 Å². The minimum absolute atomic E-state index is 0.188. The molecule has 2 aliphatic rings. The summed E-state index contributed by atoms with van der Waals surface area (Å²) in [6.07, 6.45) is 5.08. The molecule has 0 spiro atoms. The van der Waals surface area contributed by atoms with E-state index >= 15 is 0 Å². The Morgan fingerprint density at radius 2 is 1.94 bits per heavy atom. The first-order valence-electron chi connectivity index (χ1n) is 6.90. The molecular weight excluding hydrogens is 214 g/mol. The molecule has 4 heteroatoms. The van der Waals surface area contributed by atoms with Crippen LogP contribution in [0.2, 0.25) is 0 Å². The van der Waals surface area contributed by atoms with Gasteiger partial charge >= 0.3 is 0 Å². The van der Waals surface area contributed by atoms with Gasteiger partial charge in [0.15, 0.2) is 0 Å². The van der Waals surface area contributed by atoms with Crippen molar-refractivity contribution in [2.45, 2.75) is 25.7 Å². The number of rotatable bonds is 6. The summed E-state index contributed by atoms with van der Waals surface area (Å²) in [6, 6.07) is 0. The Balaban J connectivity index is 1.57. The predicted octanol–water partition coefficient (Wildman–Crippen LogP) is 0.444. The zero-order valence-electron chi connectivity index (χ0n) is 10.9. The van der Waals surface area contributed by atoms with Gasteiger partial charge in [-0.3, -0.25) is 9.69 Å². The molecule has 0 aromatic carbocycles. The largest absolute Gasteiger partial charge is 0.355 e. The first-order valence-corrected chi connectivity index (χ1v) is 6.90. The molecule has 2 fully saturated rings. The maximum atomic E-state index is 11.7. The summed E-state index contributed by atoms with van der Waals surface area (Å²) >= 11 is 0. The Bertz CT molecular complexity index is 247. The van der Waals surface area contributed by atoms with Gasteiger partial charge in [-0.2, -0.15) is 0 Å². The van der Waals surface area contributed by atoms with Crippen molar-refractivity contribution in [3.63, 3.8) is 0 Å². The smallest absolute Gasteiger partial charge is 0.234 e. The summed E-state index contributed by atoms with van der Waals surface area (Å²) < 4.78 is 0. The second-order valence-electron chi connectivity index (χ2n) is 5.64. The Hall–Kier alpha value is -0.610. The zero-order valence-corrected chi connectivity index (χ0v) is 10.9. The van der Waals surface area contributed by atoms with E-state index in [1.54, 1.807) is 0 Å². The Morgan fingerprint density at radius 1 is 1.24 bits per heavy atom. The van der Waals surface area contributed by atoms with Gasteiger partial charge in [-0.15, -0.1) is 0 Å². The number of amides is 1. The Morgan fingerprint density at radius 3 is 2.59 bits per heavy atom. The van der Waals surface area contributed by atoms with Gasteiger partial charge in [0.2, 0.25) is 5.91 Å². The first-order chi connectivity index (χ1) is 8.24. The van der Waals surface area contributed by atoms with Crippen LogP contribution in [0, 0.1) is 11.8 Å². The molecule has 1 saturated carbocycles. The fourth-order valence-corrected chi connectivity index (χ4v) is 2.45. The lowest BCUT2D eigenvalue weighted by Gasteiger charge is -2.27. The molecule has 0 unspecified atom stereocenters. The van der Waals surface area contributed by atoms with Gasteiger partial charge in [0.25, 0.3) is 0 Å². The van der Waals surface area contributed by atoms with E-state index in [-0.39, 0.29) is 5.91 Å². The van der Waals surface area contributed by atoms with Gasteiger partial charge in [0.05, 0.1) is 6.54 Å². The number of nitrogens with one attached hydrogen (secondary N) is 2. The number of nitrogens with zero attached hydrogens (tertiary/aromatic N) is 1. The number of carbonyl (C=O) groups is 1. The maximum Gasteiger partial charge on any atom is 0.234 e. The third-order valence-corrected chi connectivity index (χ3v) is 3.73. The van der Waals surface area contributed by atoms with Crippen LogP contribution >= 0.6 is 0 Å². The van der Waals surface area contributed by atoms with Crippen molar-refractivity contribution in [3.05, 3.63) is 0 Å². The number of hydrogen-bond acceptors (Lipinski definition) is 3. The van der Waals surface area contributed by atoms with E-state index in [0.29, 0.717) is 6.54 Å². The van der Waals surface area contributed by atoms with Crippen LogP contribution in [-0.4, -0.2) is 50.6 Å². The molecule has 0 aromatic heterocycles. The lowest BCUT2D eigenvalue weighted by molar-refractivity contribution is -0.122. The summed E-state index contributed by atoms with van der Waals surface area (Å²) in [5.41, 5.74) is 0. The number of hydrogen-bond donors (Lipinski definition) is 2. The molecule has 1 amide bonds. The highest BCUT2D eigenvalue weighted by atomic mass is 16.2. The van der Waals surface area contributed by atoms with Crippen LogP contribution in [0.25, 0.3) is 0 Å². The molecule has 0 atom stereocenters. The van der Waals surface area contributed by atoms with Gasteiger partial charge in [0.1, 0.15) is 0 Å². The van der Waals surface area contributed by atoms with Crippen molar-refractivity contribution in [1.29, 1.82) is 0 Å². The molecular formula is C13H25N3O. The fourth-order valence-electron chi connectivity index (χ4n) is 2.45. The highest BCUT2D eigenvalue weighted by molar-refractivity contribution is 5.77. The van der Waals surface area contributed by atoms with Crippen LogP contribution in [0.15, 0.2) is 0 Å². The van der Waals surface area contributed by atoms with Gasteiger partial charge in [-0.1, -0.05) is 0 Å². The molecule has 98 valence electrons. The van der Waals surface area contributed by atoms with E-state index in [4.69, 9.17) is 0 Å². The van der Waals surface area contributed by atoms with Crippen molar-refractivity contribution >= 4 is 5.91 Å². The van der Waals surface area contributed by atoms with E-state index in [0.717, 1.165) is 38.0 Å². The number of piperidine rings is 1. The highest BCUT2D eigenvalue weighted by Crippen LogP contribution is 2.27. The second kappa shape index (κ2) is 6.36. The van der Waals surface area contributed by atoms with Gasteiger partial charge in [0, 0.05) is 13.1 Å². The normalized spacial score (nSPS) is 21.8. The molecule has 4 nitrogen and oxygen atoms in total. The van der Waals surface area contributed by atoms with Gasteiger partial charge in [-0.05, 0) is 57.7 Å². The molecule has 2 N–H and O–H groups in total. The van der Waals surface area contributed by atoms with Crippen molar-refractivity contribution < 1.29 is 4.79 Å². The maximum absolute atomic E-state index is 11.7. The number of likely N-dealkylation sites (N-methyl/N-ethyl adjacent to an activating group) is 1. The standard InChI is InChI=1S/C13H25N3O/c1-16(9-12-4-6-14-7-5-12)10-13(17)15-8-11-2-3-11/h11-12,14H,2-10H2,1H3,(H,15,17). The predicted molar refractivity (Wildman–Crippen MR) is 68.8 cm³/mol. The van der Waals surface area contributed by atoms with E-state index < -0.39 is 0 Å². The van der Waals surface area contributed by atoms with Gasteiger partial charge in [-0.25, -0.2) is 0 Å². The Kier molecular flexibility index (Phi) is 4.80. The topological polar surface area (TPSA) is 44.4 Å². The minimum Gasteiger partial charge on any atom is -0.355 e. The summed E-state index contributed by atoms with van der Waals surface area (Å²) in [5, 5.41) is 6.39. The number of carbonyl (C=O) groups excluding carboxylic acids is 1. The van der Waals surface area contributed by atoms with Gasteiger partial charge < -0.3 is 10.6 Å². The molecule has 0 bridgehead atoms. The average Bonchev–Trinajstić information content (AvgIpc) is 3.11. The zero-order chi connectivity index (χ0) is 12.1. The summed E-state index contributed by atoms with van der Waals surface area (Å²) in [4.78, 5) is 13.8. The lowest BCUT2D eigenvalue weighted by atomic mass is 9.98. The van der Waals surface area contributed by atoms with Crippen molar-refractivity contribution in [2.75, 3.05) is 39.8 Å². The van der Waals surface area contributed by atoms with Crippen LogP contribution in [0.3, 0.4) is 0 Å². The fraction of sp³-hybridized carbons (Fsp3) is 0.923. The van der Waals surface area contributed by atoms with Crippen LogP contribution in [0.4, 0.5) is 0 Å². The SMILES string of the molecule is CN(CC(=O)NCC1CC1)CC1CCNCC1.